The van der Waals surface area contributed by atoms with E-state index in [1.807, 2.05) is 26.0 Å². The first-order valence-corrected chi connectivity index (χ1v) is 6.05. The van der Waals surface area contributed by atoms with Gasteiger partial charge >= 0.3 is 0 Å². The number of hydrogen-bond donors (Lipinski definition) is 2. The Kier molecular flexibility index (Phi) is 3.55. The third-order valence-corrected chi connectivity index (χ3v) is 2.96. The molecule has 0 aliphatic rings. The lowest BCUT2D eigenvalue weighted by Crippen LogP contribution is -2.15. The first kappa shape index (κ1) is 13.1. The van der Waals surface area contributed by atoms with Gasteiger partial charge in [0.15, 0.2) is 5.89 Å². The Balaban J connectivity index is 2.24. The molecule has 1 heterocycles. The minimum absolute atomic E-state index is 0.448. The normalized spacial score (nSPS) is 10.5. The summed E-state index contributed by atoms with van der Waals surface area (Å²) in [6.07, 6.45) is 0. The second kappa shape index (κ2) is 5.14. The monoisotopic (exact) mass is 259 g/mol. The molecule has 100 valence electrons. The molecular formula is C14H17N3O2. The molecule has 19 heavy (non-hydrogen) atoms. The minimum Gasteiger partial charge on any atom is -0.444 e. The van der Waals surface area contributed by atoms with Crippen molar-refractivity contribution in [2.45, 2.75) is 27.3 Å². The van der Waals surface area contributed by atoms with Crippen molar-refractivity contribution in [2.75, 3.05) is 5.32 Å². The van der Waals surface area contributed by atoms with Crippen LogP contribution in [0.5, 0.6) is 0 Å². The van der Waals surface area contributed by atoms with Crippen LogP contribution in [-0.4, -0.2) is 10.9 Å². The third kappa shape index (κ3) is 2.76. The topological polar surface area (TPSA) is 81.1 Å². The Morgan fingerprint density at radius 3 is 2.68 bits per heavy atom. The second-order valence-corrected chi connectivity index (χ2v) is 4.46. The number of carbonyl (C=O) groups is 1. The van der Waals surface area contributed by atoms with Gasteiger partial charge in [-0.2, -0.15) is 0 Å². The standard InChI is InChI=1S/C14H17N3O2/c1-8-5-4-6-11(14(15)18)13(8)16-7-12-9(2)17-10(3)19-12/h4-6,16H,7H2,1-3H3,(H2,15,18). The molecule has 0 fully saturated rings. The van der Waals surface area contributed by atoms with Gasteiger partial charge in [0.2, 0.25) is 0 Å². The van der Waals surface area contributed by atoms with Gasteiger partial charge in [0, 0.05) is 6.92 Å². The fraction of sp³-hybridized carbons (Fsp3) is 0.286. The van der Waals surface area contributed by atoms with E-state index in [9.17, 15) is 4.79 Å². The number of anilines is 1. The van der Waals surface area contributed by atoms with Crippen LogP contribution in [0.2, 0.25) is 0 Å². The first-order valence-electron chi connectivity index (χ1n) is 6.05. The maximum atomic E-state index is 11.4. The second-order valence-electron chi connectivity index (χ2n) is 4.46. The van der Waals surface area contributed by atoms with E-state index in [0.717, 1.165) is 22.7 Å². The quantitative estimate of drug-likeness (QED) is 0.882. The number of nitrogens with zero attached hydrogens (tertiary/aromatic N) is 1. The number of carbonyl (C=O) groups excluding carboxylic acids is 1. The van der Waals surface area contributed by atoms with Crippen LogP contribution in [-0.2, 0) is 6.54 Å². The molecule has 1 aromatic heterocycles. The summed E-state index contributed by atoms with van der Waals surface area (Å²) in [4.78, 5) is 15.6. The zero-order chi connectivity index (χ0) is 14.0. The van der Waals surface area contributed by atoms with Crippen molar-refractivity contribution in [3.63, 3.8) is 0 Å². The van der Waals surface area contributed by atoms with Crippen LogP contribution in [0.3, 0.4) is 0 Å². The highest BCUT2D eigenvalue weighted by Gasteiger charge is 2.12. The fourth-order valence-corrected chi connectivity index (χ4v) is 2.01. The van der Waals surface area contributed by atoms with Crippen LogP contribution in [0.15, 0.2) is 22.6 Å². The van der Waals surface area contributed by atoms with Crippen LogP contribution in [0, 0.1) is 20.8 Å². The highest BCUT2D eigenvalue weighted by Crippen LogP contribution is 2.21. The molecule has 3 N–H and O–H groups in total. The first-order chi connectivity index (χ1) is 8.99. The number of benzene rings is 1. The number of hydrogen-bond acceptors (Lipinski definition) is 4. The van der Waals surface area contributed by atoms with Crippen molar-refractivity contribution in [3.8, 4) is 0 Å². The zero-order valence-corrected chi connectivity index (χ0v) is 11.3. The number of rotatable bonds is 4. The molecular weight excluding hydrogens is 242 g/mol. The Bertz CT molecular complexity index is 617. The van der Waals surface area contributed by atoms with Gasteiger partial charge in [0.1, 0.15) is 5.76 Å². The molecule has 0 spiro atoms. The molecule has 5 heteroatoms. The van der Waals surface area contributed by atoms with E-state index in [1.54, 1.807) is 13.0 Å². The van der Waals surface area contributed by atoms with E-state index in [-0.39, 0.29) is 0 Å². The third-order valence-electron chi connectivity index (χ3n) is 2.96. The summed E-state index contributed by atoms with van der Waals surface area (Å²) < 4.78 is 5.49. The number of oxazole rings is 1. The average Bonchev–Trinajstić information content (AvgIpc) is 2.66. The average molecular weight is 259 g/mol. The van der Waals surface area contributed by atoms with Crippen LogP contribution < -0.4 is 11.1 Å². The van der Waals surface area contributed by atoms with E-state index in [2.05, 4.69) is 10.3 Å². The van der Waals surface area contributed by atoms with Crippen LogP contribution in [0.1, 0.15) is 33.3 Å². The molecule has 0 aliphatic carbocycles. The molecule has 1 amide bonds. The lowest BCUT2D eigenvalue weighted by atomic mass is 10.1. The Morgan fingerprint density at radius 1 is 1.37 bits per heavy atom. The number of aromatic nitrogens is 1. The van der Waals surface area contributed by atoms with Crippen molar-refractivity contribution in [3.05, 3.63) is 46.7 Å². The maximum Gasteiger partial charge on any atom is 0.250 e. The number of primary amides is 1. The maximum absolute atomic E-state index is 11.4. The van der Waals surface area contributed by atoms with Crippen molar-refractivity contribution in [1.29, 1.82) is 0 Å². The van der Waals surface area contributed by atoms with Crippen molar-refractivity contribution >= 4 is 11.6 Å². The van der Waals surface area contributed by atoms with Crippen LogP contribution in [0.4, 0.5) is 5.69 Å². The molecule has 0 bridgehead atoms. The van der Waals surface area contributed by atoms with E-state index >= 15 is 0 Å². The predicted octanol–water partition coefficient (Wildman–Crippen LogP) is 2.31. The number of nitrogens with one attached hydrogen (secondary N) is 1. The number of para-hydroxylation sites is 1. The van der Waals surface area contributed by atoms with E-state index in [4.69, 9.17) is 10.2 Å². The van der Waals surface area contributed by atoms with Gasteiger partial charge in [-0.1, -0.05) is 12.1 Å². The molecule has 0 aliphatic heterocycles. The zero-order valence-electron chi connectivity index (χ0n) is 11.3. The van der Waals surface area contributed by atoms with Gasteiger partial charge in [0.05, 0.1) is 23.5 Å². The Morgan fingerprint density at radius 2 is 2.11 bits per heavy atom. The van der Waals surface area contributed by atoms with E-state index < -0.39 is 5.91 Å². The molecule has 0 atom stereocenters. The van der Waals surface area contributed by atoms with Crippen molar-refractivity contribution in [2.24, 2.45) is 5.73 Å². The van der Waals surface area contributed by atoms with Gasteiger partial charge in [-0.15, -0.1) is 0 Å². The molecule has 0 radical (unpaired) electrons. The SMILES string of the molecule is Cc1nc(C)c(CNc2c(C)cccc2C(N)=O)o1. The largest absolute Gasteiger partial charge is 0.444 e. The summed E-state index contributed by atoms with van der Waals surface area (Å²) in [6.45, 7) is 6.09. The summed E-state index contributed by atoms with van der Waals surface area (Å²) in [6, 6.07) is 5.44. The summed E-state index contributed by atoms with van der Waals surface area (Å²) in [5.74, 6) is 0.946. The van der Waals surface area contributed by atoms with Gasteiger partial charge in [-0.05, 0) is 25.5 Å². The number of nitrogens with two attached hydrogens (primary N) is 1. The molecule has 0 unspecified atom stereocenters. The van der Waals surface area contributed by atoms with Gasteiger partial charge in [-0.3, -0.25) is 4.79 Å². The minimum atomic E-state index is -0.448. The molecule has 5 nitrogen and oxygen atoms in total. The molecule has 2 rings (SSSR count). The lowest BCUT2D eigenvalue weighted by molar-refractivity contribution is 0.100. The molecule has 0 saturated heterocycles. The summed E-state index contributed by atoms with van der Waals surface area (Å²) in [5, 5.41) is 3.20. The Labute approximate surface area is 111 Å². The molecule has 1 aromatic carbocycles. The Hall–Kier alpha value is -2.30. The fourth-order valence-electron chi connectivity index (χ4n) is 2.01. The number of aryl methyl sites for hydroxylation is 3. The summed E-state index contributed by atoms with van der Waals surface area (Å²) >= 11 is 0. The van der Waals surface area contributed by atoms with Crippen LogP contribution in [0.25, 0.3) is 0 Å². The number of amides is 1. The smallest absolute Gasteiger partial charge is 0.250 e. The highest BCUT2D eigenvalue weighted by atomic mass is 16.4. The van der Waals surface area contributed by atoms with Crippen molar-refractivity contribution in [1.82, 2.24) is 4.98 Å². The summed E-state index contributed by atoms with van der Waals surface area (Å²) in [5.41, 5.74) is 8.40. The van der Waals surface area contributed by atoms with Gasteiger partial charge < -0.3 is 15.5 Å². The van der Waals surface area contributed by atoms with E-state index in [1.165, 1.54) is 0 Å². The highest BCUT2D eigenvalue weighted by molar-refractivity contribution is 5.99. The van der Waals surface area contributed by atoms with Gasteiger partial charge in [0.25, 0.3) is 5.91 Å². The van der Waals surface area contributed by atoms with Crippen molar-refractivity contribution < 1.29 is 9.21 Å². The summed E-state index contributed by atoms with van der Waals surface area (Å²) in [7, 11) is 0. The lowest BCUT2D eigenvalue weighted by Gasteiger charge is -2.12. The van der Waals surface area contributed by atoms with Crippen LogP contribution >= 0.6 is 0 Å². The van der Waals surface area contributed by atoms with Gasteiger partial charge in [-0.25, -0.2) is 4.98 Å². The molecule has 0 saturated carbocycles. The molecule has 2 aromatic rings. The van der Waals surface area contributed by atoms with E-state index in [0.29, 0.717) is 18.0 Å². The predicted molar refractivity (Wildman–Crippen MR) is 73.0 cm³/mol.